The Balaban J connectivity index is 1.84. The van der Waals surface area contributed by atoms with Gasteiger partial charge in [-0.2, -0.15) is 0 Å². The summed E-state index contributed by atoms with van der Waals surface area (Å²) in [5.41, 5.74) is 1.91. The van der Waals surface area contributed by atoms with Crippen LogP contribution in [-0.4, -0.2) is 28.6 Å². The quantitative estimate of drug-likeness (QED) is 0.818. The van der Waals surface area contributed by atoms with Gasteiger partial charge >= 0.3 is 0 Å². The van der Waals surface area contributed by atoms with Gasteiger partial charge in [-0.3, -0.25) is 0 Å². The molecule has 0 aliphatic rings. The van der Waals surface area contributed by atoms with Crippen LogP contribution in [0.2, 0.25) is 5.02 Å². The minimum absolute atomic E-state index is 0.282. The van der Waals surface area contributed by atoms with Crippen molar-refractivity contribution < 1.29 is 4.74 Å². The standard InChI is InChI=1S/C13H18ClN3O/c1-10(2)18-6-5-15-7-12-9-17-8-11(14)3-4-13(17)16-12/h3-4,8-10,15H,5-7H2,1-2H3. The lowest BCUT2D eigenvalue weighted by Crippen LogP contribution is -2.21. The number of imidazole rings is 1. The van der Waals surface area contributed by atoms with Gasteiger partial charge in [-0.1, -0.05) is 11.6 Å². The van der Waals surface area contributed by atoms with Gasteiger partial charge in [0, 0.05) is 25.5 Å². The molecule has 0 saturated carbocycles. The molecule has 0 aliphatic carbocycles. The van der Waals surface area contributed by atoms with E-state index in [0.717, 1.165) is 31.0 Å². The highest BCUT2D eigenvalue weighted by Gasteiger charge is 2.01. The molecule has 0 atom stereocenters. The Morgan fingerprint density at radius 1 is 1.39 bits per heavy atom. The number of fused-ring (bicyclic) bond motifs is 1. The zero-order valence-electron chi connectivity index (χ0n) is 10.7. The number of aromatic nitrogens is 2. The summed E-state index contributed by atoms with van der Waals surface area (Å²) in [6.45, 7) is 6.35. The van der Waals surface area contributed by atoms with Gasteiger partial charge in [0.2, 0.25) is 0 Å². The van der Waals surface area contributed by atoms with Crippen LogP contribution in [0.15, 0.2) is 24.5 Å². The normalized spacial score (nSPS) is 11.6. The molecule has 2 aromatic heterocycles. The van der Waals surface area contributed by atoms with Crippen molar-refractivity contribution in [3.63, 3.8) is 0 Å². The van der Waals surface area contributed by atoms with E-state index in [0.29, 0.717) is 5.02 Å². The van der Waals surface area contributed by atoms with Crippen LogP contribution >= 0.6 is 11.6 Å². The van der Waals surface area contributed by atoms with Crippen molar-refractivity contribution in [2.24, 2.45) is 0 Å². The van der Waals surface area contributed by atoms with Gasteiger partial charge in [0.1, 0.15) is 5.65 Å². The predicted molar refractivity (Wildman–Crippen MR) is 73.0 cm³/mol. The largest absolute Gasteiger partial charge is 0.377 e. The monoisotopic (exact) mass is 267 g/mol. The van der Waals surface area contributed by atoms with Crippen LogP contribution in [0.3, 0.4) is 0 Å². The van der Waals surface area contributed by atoms with E-state index in [1.165, 1.54) is 0 Å². The summed E-state index contributed by atoms with van der Waals surface area (Å²) in [4.78, 5) is 4.49. The molecular weight excluding hydrogens is 250 g/mol. The van der Waals surface area contributed by atoms with Crippen molar-refractivity contribution in [3.05, 3.63) is 35.2 Å². The first kappa shape index (κ1) is 13.3. The minimum Gasteiger partial charge on any atom is -0.377 e. The highest BCUT2D eigenvalue weighted by atomic mass is 35.5. The molecule has 18 heavy (non-hydrogen) atoms. The second-order valence-corrected chi connectivity index (χ2v) is 4.88. The molecule has 0 radical (unpaired) electrons. The molecule has 2 heterocycles. The van der Waals surface area contributed by atoms with Crippen molar-refractivity contribution in [2.75, 3.05) is 13.2 Å². The van der Waals surface area contributed by atoms with Gasteiger partial charge in [0.15, 0.2) is 0 Å². The highest BCUT2D eigenvalue weighted by molar-refractivity contribution is 6.30. The first-order valence-electron chi connectivity index (χ1n) is 6.10. The minimum atomic E-state index is 0.282. The van der Waals surface area contributed by atoms with Crippen molar-refractivity contribution >= 4 is 17.2 Å². The van der Waals surface area contributed by atoms with Crippen LogP contribution in [0.4, 0.5) is 0 Å². The van der Waals surface area contributed by atoms with Crippen LogP contribution in [0, 0.1) is 0 Å². The van der Waals surface area contributed by atoms with Crippen LogP contribution in [0.1, 0.15) is 19.5 Å². The van der Waals surface area contributed by atoms with E-state index in [4.69, 9.17) is 16.3 Å². The van der Waals surface area contributed by atoms with Crippen LogP contribution in [-0.2, 0) is 11.3 Å². The van der Waals surface area contributed by atoms with Crippen molar-refractivity contribution in [2.45, 2.75) is 26.5 Å². The molecule has 0 aromatic carbocycles. The van der Waals surface area contributed by atoms with E-state index in [-0.39, 0.29) is 6.10 Å². The van der Waals surface area contributed by atoms with Crippen molar-refractivity contribution in [3.8, 4) is 0 Å². The van der Waals surface area contributed by atoms with E-state index in [1.54, 1.807) is 0 Å². The second-order valence-electron chi connectivity index (χ2n) is 4.44. The summed E-state index contributed by atoms with van der Waals surface area (Å²) in [5, 5.41) is 4.01. The average molecular weight is 268 g/mol. The van der Waals surface area contributed by atoms with Crippen LogP contribution in [0.5, 0.6) is 0 Å². The third-order valence-electron chi connectivity index (χ3n) is 2.50. The number of halogens is 1. The van der Waals surface area contributed by atoms with E-state index in [1.807, 2.05) is 42.8 Å². The first-order valence-corrected chi connectivity index (χ1v) is 6.48. The SMILES string of the molecule is CC(C)OCCNCc1cn2cc(Cl)ccc2n1. The maximum atomic E-state index is 5.92. The average Bonchev–Trinajstić information content (AvgIpc) is 2.70. The number of nitrogens with zero attached hydrogens (tertiary/aromatic N) is 2. The van der Waals surface area contributed by atoms with Crippen LogP contribution < -0.4 is 5.32 Å². The third kappa shape index (κ3) is 3.70. The number of nitrogens with one attached hydrogen (secondary N) is 1. The number of rotatable bonds is 6. The maximum absolute atomic E-state index is 5.92. The summed E-state index contributed by atoms with van der Waals surface area (Å²) in [5.74, 6) is 0. The summed E-state index contributed by atoms with van der Waals surface area (Å²) in [6.07, 6.45) is 4.12. The molecule has 0 spiro atoms. The lowest BCUT2D eigenvalue weighted by atomic mass is 10.4. The lowest BCUT2D eigenvalue weighted by Gasteiger charge is -2.07. The van der Waals surface area contributed by atoms with Crippen LogP contribution in [0.25, 0.3) is 5.65 Å². The smallest absolute Gasteiger partial charge is 0.137 e. The molecular formula is C13H18ClN3O. The third-order valence-corrected chi connectivity index (χ3v) is 2.72. The molecule has 0 fully saturated rings. The molecule has 5 heteroatoms. The number of hydrogen-bond donors (Lipinski definition) is 1. The fraction of sp³-hybridized carbons (Fsp3) is 0.462. The first-order chi connectivity index (χ1) is 8.65. The molecule has 4 nitrogen and oxygen atoms in total. The summed E-state index contributed by atoms with van der Waals surface area (Å²) >= 11 is 5.92. The number of ether oxygens (including phenoxy) is 1. The Kier molecular flexibility index (Phi) is 4.58. The Morgan fingerprint density at radius 3 is 3.00 bits per heavy atom. The Bertz CT molecular complexity index is 510. The number of hydrogen-bond acceptors (Lipinski definition) is 3. The zero-order chi connectivity index (χ0) is 13.0. The van der Waals surface area contributed by atoms with Crippen molar-refractivity contribution in [1.29, 1.82) is 0 Å². The molecule has 0 saturated heterocycles. The summed E-state index contributed by atoms with van der Waals surface area (Å²) in [6, 6.07) is 3.76. The number of pyridine rings is 1. The van der Waals surface area contributed by atoms with Gasteiger partial charge in [0.05, 0.1) is 23.4 Å². The molecule has 0 amide bonds. The molecule has 98 valence electrons. The topological polar surface area (TPSA) is 38.6 Å². The van der Waals surface area contributed by atoms with E-state index in [9.17, 15) is 0 Å². The molecule has 2 rings (SSSR count). The van der Waals surface area contributed by atoms with E-state index < -0.39 is 0 Å². The summed E-state index contributed by atoms with van der Waals surface area (Å²) < 4.78 is 7.38. The fourth-order valence-electron chi connectivity index (χ4n) is 1.69. The molecule has 0 bridgehead atoms. The summed E-state index contributed by atoms with van der Waals surface area (Å²) in [7, 11) is 0. The molecule has 0 aliphatic heterocycles. The van der Waals surface area contributed by atoms with E-state index >= 15 is 0 Å². The van der Waals surface area contributed by atoms with Crippen molar-refractivity contribution in [1.82, 2.24) is 14.7 Å². The van der Waals surface area contributed by atoms with Gasteiger partial charge in [-0.15, -0.1) is 0 Å². The van der Waals surface area contributed by atoms with Gasteiger partial charge in [0.25, 0.3) is 0 Å². The van der Waals surface area contributed by atoms with Gasteiger partial charge in [-0.05, 0) is 26.0 Å². The zero-order valence-corrected chi connectivity index (χ0v) is 11.4. The van der Waals surface area contributed by atoms with E-state index in [2.05, 4.69) is 10.3 Å². The Morgan fingerprint density at radius 2 is 2.22 bits per heavy atom. The van der Waals surface area contributed by atoms with Gasteiger partial charge < -0.3 is 14.5 Å². The lowest BCUT2D eigenvalue weighted by molar-refractivity contribution is 0.0807. The Hall–Kier alpha value is -1.10. The highest BCUT2D eigenvalue weighted by Crippen LogP contribution is 2.11. The molecule has 1 N–H and O–H groups in total. The predicted octanol–water partition coefficient (Wildman–Crippen LogP) is 2.50. The second kappa shape index (κ2) is 6.18. The maximum Gasteiger partial charge on any atom is 0.137 e. The Labute approximate surface area is 112 Å². The molecule has 0 unspecified atom stereocenters. The van der Waals surface area contributed by atoms with Gasteiger partial charge in [-0.25, -0.2) is 4.98 Å². The molecule has 2 aromatic rings. The fourth-order valence-corrected chi connectivity index (χ4v) is 1.85.